The monoisotopic (exact) mass is 153 g/mol. The van der Waals surface area contributed by atoms with Crippen LogP contribution < -0.4 is 0 Å². The molecule has 0 saturated carbocycles. The standard InChI is InChI=1S/C8H8FNO/c1-5-3-4-7(9)8(10-5)6(2)11/h3-4H,1-2H3. The van der Waals surface area contributed by atoms with Crippen molar-refractivity contribution in [1.29, 1.82) is 0 Å². The Hall–Kier alpha value is -1.25. The van der Waals surface area contributed by atoms with E-state index in [-0.39, 0.29) is 11.5 Å². The molecule has 0 saturated heterocycles. The van der Waals surface area contributed by atoms with Crippen molar-refractivity contribution in [1.82, 2.24) is 4.98 Å². The fourth-order valence-electron chi connectivity index (χ4n) is 0.787. The Morgan fingerprint density at radius 2 is 2.18 bits per heavy atom. The molecule has 0 unspecified atom stereocenters. The summed E-state index contributed by atoms with van der Waals surface area (Å²) in [5.74, 6) is -0.894. The highest BCUT2D eigenvalue weighted by molar-refractivity contribution is 5.92. The van der Waals surface area contributed by atoms with E-state index in [9.17, 15) is 9.18 Å². The van der Waals surface area contributed by atoms with E-state index in [2.05, 4.69) is 4.98 Å². The molecule has 0 spiro atoms. The van der Waals surface area contributed by atoms with Gasteiger partial charge in [0.1, 0.15) is 5.69 Å². The Balaban J connectivity index is 3.23. The molecule has 58 valence electrons. The van der Waals surface area contributed by atoms with Crippen LogP contribution in [0.2, 0.25) is 0 Å². The summed E-state index contributed by atoms with van der Waals surface area (Å²) in [5.41, 5.74) is 0.571. The van der Waals surface area contributed by atoms with Gasteiger partial charge in [0.15, 0.2) is 11.6 Å². The second kappa shape index (κ2) is 2.78. The van der Waals surface area contributed by atoms with Gasteiger partial charge < -0.3 is 0 Å². The molecule has 0 aliphatic rings. The number of hydrogen-bond donors (Lipinski definition) is 0. The highest BCUT2D eigenvalue weighted by Gasteiger charge is 2.07. The van der Waals surface area contributed by atoms with Crippen LogP contribution in [0.25, 0.3) is 0 Å². The molecule has 0 aliphatic heterocycles. The summed E-state index contributed by atoms with van der Waals surface area (Å²) in [6.07, 6.45) is 0. The van der Waals surface area contributed by atoms with Crippen LogP contribution in [-0.4, -0.2) is 10.8 Å². The van der Waals surface area contributed by atoms with Crippen LogP contribution in [0.15, 0.2) is 12.1 Å². The Kier molecular flexibility index (Phi) is 1.98. The summed E-state index contributed by atoms with van der Waals surface area (Å²) in [4.78, 5) is 14.5. The molecule has 0 N–H and O–H groups in total. The van der Waals surface area contributed by atoms with Crippen molar-refractivity contribution in [2.24, 2.45) is 0 Å². The quantitative estimate of drug-likeness (QED) is 0.575. The molecule has 11 heavy (non-hydrogen) atoms. The second-order valence-electron chi connectivity index (χ2n) is 2.34. The molecule has 1 rings (SSSR count). The predicted octanol–water partition coefficient (Wildman–Crippen LogP) is 1.73. The number of rotatable bonds is 1. The minimum absolute atomic E-state index is 0.0787. The van der Waals surface area contributed by atoms with Crippen molar-refractivity contribution in [3.05, 3.63) is 29.3 Å². The fraction of sp³-hybridized carbons (Fsp3) is 0.250. The maximum atomic E-state index is 12.7. The molecule has 0 radical (unpaired) electrons. The molecular weight excluding hydrogens is 145 g/mol. The lowest BCUT2D eigenvalue weighted by molar-refractivity contribution is 0.100. The average Bonchev–Trinajstić information content (AvgIpc) is 1.94. The molecule has 3 heteroatoms. The molecule has 1 aromatic heterocycles. The normalized spacial score (nSPS) is 9.73. The first-order chi connectivity index (χ1) is 5.11. The van der Waals surface area contributed by atoms with E-state index in [0.717, 1.165) is 0 Å². The number of carbonyl (C=O) groups is 1. The first kappa shape index (κ1) is 7.85. The van der Waals surface area contributed by atoms with E-state index in [4.69, 9.17) is 0 Å². The van der Waals surface area contributed by atoms with Gasteiger partial charge in [0.05, 0.1) is 0 Å². The van der Waals surface area contributed by atoms with Crippen LogP contribution in [0, 0.1) is 12.7 Å². The number of pyridine rings is 1. The SMILES string of the molecule is CC(=O)c1nc(C)ccc1F. The number of carbonyl (C=O) groups excluding carboxylic acids is 1. The van der Waals surface area contributed by atoms with Gasteiger partial charge in [0.2, 0.25) is 0 Å². The van der Waals surface area contributed by atoms with Gasteiger partial charge in [-0.3, -0.25) is 4.79 Å². The highest BCUT2D eigenvalue weighted by Crippen LogP contribution is 2.05. The zero-order valence-electron chi connectivity index (χ0n) is 6.39. The number of aromatic nitrogens is 1. The number of aryl methyl sites for hydroxylation is 1. The van der Waals surface area contributed by atoms with E-state index < -0.39 is 5.82 Å². The lowest BCUT2D eigenvalue weighted by Gasteiger charge is -1.97. The summed E-state index contributed by atoms with van der Waals surface area (Å²) in [6.45, 7) is 3.01. The lowest BCUT2D eigenvalue weighted by atomic mass is 10.2. The lowest BCUT2D eigenvalue weighted by Crippen LogP contribution is -2.01. The maximum absolute atomic E-state index is 12.7. The molecule has 0 atom stereocenters. The third-order valence-electron chi connectivity index (χ3n) is 1.32. The van der Waals surface area contributed by atoms with Gasteiger partial charge in [-0.25, -0.2) is 9.37 Å². The van der Waals surface area contributed by atoms with E-state index >= 15 is 0 Å². The number of Topliss-reactive ketones (excluding diaryl/α,β-unsaturated/α-hetero) is 1. The number of ketones is 1. The van der Waals surface area contributed by atoms with Gasteiger partial charge in [-0.15, -0.1) is 0 Å². The molecular formula is C8H8FNO. The molecule has 0 aromatic carbocycles. The number of nitrogens with zero attached hydrogens (tertiary/aromatic N) is 1. The first-order valence-corrected chi connectivity index (χ1v) is 3.25. The van der Waals surface area contributed by atoms with Crippen LogP contribution in [0.5, 0.6) is 0 Å². The summed E-state index contributed by atoms with van der Waals surface area (Å²) in [7, 11) is 0. The van der Waals surface area contributed by atoms with Crippen molar-refractivity contribution >= 4 is 5.78 Å². The molecule has 0 amide bonds. The topological polar surface area (TPSA) is 30.0 Å². The van der Waals surface area contributed by atoms with E-state index in [1.165, 1.54) is 19.1 Å². The van der Waals surface area contributed by atoms with E-state index in [1.807, 2.05) is 0 Å². The van der Waals surface area contributed by atoms with Gasteiger partial charge in [0, 0.05) is 12.6 Å². The summed E-state index contributed by atoms with van der Waals surface area (Å²) < 4.78 is 12.7. The molecule has 1 aromatic rings. The van der Waals surface area contributed by atoms with Crippen LogP contribution >= 0.6 is 0 Å². The summed E-state index contributed by atoms with van der Waals surface area (Å²) in [6, 6.07) is 2.78. The van der Waals surface area contributed by atoms with E-state index in [0.29, 0.717) is 5.69 Å². The Morgan fingerprint density at radius 3 is 2.64 bits per heavy atom. The van der Waals surface area contributed by atoms with Crippen LogP contribution in [-0.2, 0) is 0 Å². The Labute approximate surface area is 64.1 Å². The largest absolute Gasteiger partial charge is 0.293 e. The summed E-state index contributed by atoms with van der Waals surface area (Å²) in [5, 5.41) is 0. The first-order valence-electron chi connectivity index (χ1n) is 3.25. The average molecular weight is 153 g/mol. The van der Waals surface area contributed by atoms with Crippen molar-refractivity contribution in [3.63, 3.8) is 0 Å². The van der Waals surface area contributed by atoms with Crippen LogP contribution in [0.4, 0.5) is 4.39 Å². The molecule has 0 aliphatic carbocycles. The summed E-state index contributed by atoms with van der Waals surface area (Å²) >= 11 is 0. The third-order valence-corrected chi connectivity index (χ3v) is 1.32. The maximum Gasteiger partial charge on any atom is 0.181 e. The van der Waals surface area contributed by atoms with Crippen LogP contribution in [0.3, 0.4) is 0 Å². The van der Waals surface area contributed by atoms with Crippen molar-refractivity contribution in [2.45, 2.75) is 13.8 Å². The second-order valence-corrected chi connectivity index (χ2v) is 2.34. The van der Waals surface area contributed by atoms with Gasteiger partial charge in [-0.05, 0) is 19.1 Å². The Bertz CT molecular complexity index is 296. The molecule has 0 bridgehead atoms. The number of hydrogen-bond acceptors (Lipinski definition) is 2. The highest BCUT2D eigenvalue weighted by atomic mass is 19.1. The molecule has 2 nitrogen and oxygen atoms in total. The molecule has 1 heterocycles. The van der Waals surface area contributed by atoms with Crippen molar-refractivity contribution < 1.29 is 9.18 Å². The predicted molar refractivity (Wildman–Crippen MR) is 38.9 cm³/mol. The minimum atomic E-state index is -0.553. The van der Waals surface area contributed by atoms with Crippen LogP contribution in [0.1, 0.15) is 23.1 Å². The van der Waals surface area contributed by atoms with Gasteiger partial charge in [-0.2, -0.15) is 0 Å². The fourth-order valence-corrected chi connectivity index (χ4v) is 0.787. The Morgan fingerprint density at radius 1 is 1.55 bits per heavy atom. The molecule has 0 fully saturated rings. The third kappa shape index (κ3) is 1.61. The van der Waals surface area contributed by atoms with E-state index in [1.54, 1.807) is 6.92 Å². The van der Waals surface area contributed by atoms with Gasteiger partial charge in [0.25, 0.3) is 0 Å². The van der Waals surface area contributed by atoms with Gasteiger partial charge in [-0.1, -0.05) is 0 Å². The minimum Gasteiger partial charge on any atom is -0.293 e. The van der Waals surface area contributed by atoms with Crippen molar-refractivity contribution in [3.8, 4) is 0 Å². The van der Waals surface area contributed by atoms with Gasteiger partial charge >= 0.3 is 0 Å². The number of halogens is 1. The smallest absolute Gasteiger partial charge is 0.181 e. The zero-order valence-corrected chi connectivity index (χ0v) is 6.39. The van der Waals surface area contributed by atoms with Crippen molar-refractivity contribution in [2.75, 3.05) is 0 Å². The zero-order chi connectivity index (χ0) is 8.43.